The Morgan fingerprint density at radius 1 is 1.04 bits per heavy atom. The molecule has 1 amide bonds. The number of amides is 1. The van der Waals surface area contributed by atoms with Gasteiger partial charge in [0.15, 0.2) is 0 Å². The number of ether oxygens (including phenoxy) is 1. The molecule has 0 radical (unpaired) electrons. The fraction of sp³-hybridized carbons (Fsp3) is 0.579. The van der Waals surface area contributed by atoms with Crippen molar-refractivity contribution in [3.8, 4) is 0 Å². The zero-order chi connectivity index (χ0) is 19.1. The Labute approximate surface area is 159 Å². The van der Waals surface area contributed by atoms with Gasteiger partial charge in [-0.1, -0.05) is 12.5 Å². The van der Waals surface area contributed by atoms with Crippen LogP contribution in [-0.2, 0) is 19.6 Å². The molecule has 0 unspecified atom stereocenters. The SMILES string of the molecule is O=C(c1cccc(S(=O)(=O)N2CCCCC2)c1)N1CCC[C@@]12CCOC2=O. The largest absolute Gasteiger partial charge is 0.464 e. The van der Waals surface area contributed by atoms with Gasteiger partial charge in [-0.05, 0) is 43.9 Å². The standard InChI is InChI=1S/C19H24N2O5S/c22-17(21-12-5-8-19(21)9-13-26-18(19)23)15-6-4-7-16(14-15)27(24,25)20-10-2-1-3-11-20/h4,6-7,14H,1-3,5,8-13H2/t19-/m0/s1. The van der Waals surface area contributed by atoms with E-state index >= 15 is 0 Å². The van der Waals surface area contributed by atoms with Crippen LogP contribution >= 0.6 is 0 Å². The first-order chi connectivity index (χ1) is 12.9. The van der Waals surface area contributed by atoms with Gasteiger partial charge in [0.05, 0.1) is 11.5 Å². The first-order valence-corrected chi connectivity index (χ1v) is 11.0. The predicted octanol–water partition coefficient (Wildman–Crippen LogP) is 1.78. The highest BCUT2D eigenvalue weighted by molar-refractivity contribution is 7.89. The molecule has 3 heterocycles. The summed E-state index contributed by atoms with van der Waals surface area (Å²) >= 11 is 0. The molecule has 0 aromatic heterocycles. The number of carbonyl (C=O) groups excluding carboxylic acids is 2. The molecule has 3 fully saturated rings. The number of rotatable bonds is 3. The molecule has 0 saturated carbocycles. The molecule has 27 heavy (non-hydrogen) atoms. The highest BCUT2D eigenvalue weighted by Gasteiger charge is 2.54. The zero-order valence-corrected chi connectivity index (χ0v) is 16.0. The van der Waals surface area contributed by atoms with Crippen LogP contribution in [-0.4, -0.2) is 61.3 Å². The summed E-state index contributed by atoms with van der Waals surface area (Å²) in [6, 6.07) is 6.19. The first-order valence-electron chi connectivity index (χ1n) is 9.55. The number of nitrogens with zero attached hydrogens (tertiary/aromatic N) is 2. The van der Waals surface area contributed by atoms with Crippen molar-refractivity contribution in [2.45, 2.75) is 49.0 Å². The van der Waals surface area contributed by atoms with Gasteiger partial charge in [0, 0.05) is 31.6 Å². The van der Waals surface area contributed by atoms with Crippen molar-refractivity contribution in [2.24, 2.45) is 0 Å². The first kappa shape index (κ1) is 18.4. The molecule has 0 N–H and O–H groups in total. The maximum Gasteiger partial charge on any atom is 0.332 e. The molecule has 3 saturated heterocycles. The number of benzene rings is 1. The van der Waals surface area contributed by atoms with Crippen LogP contribution in [0.4, 0.5) is 0 Å². The van der Waals surface area contributed by atoms with Gasteiger partial charge in [-0.3, -0.25) is 4.79 Å². The van der Waals surface area contributed by atoms with Crippen LogP contribution in [0.2, 0.25) is 0 Å². The number of likely N-dealkylation sites (tertiary alicyclic amines) is 1. The highest BCUT2D eigenvalue weighted by Crippen LogP contribution is 2.38. The van der Waals surface area contributed by atoms with Crippen molar-refractivity contribution in [3.05, 3.63) is 29.8 Å². The Kier molecular flexibility index (Phi) is 4.71. The molecule has 1 spiro atoms. The third kappa shape index (κ3) is 3.04. The Morgan fingerprint density at radius 2 is 1.81 bits per heavy atom. The number of sulfonamides is 1. The van der Waals surface area contributed by atoms with E-state index < -0.39 is 15.6 Å². The molecule has 7 nitrogen and oxygen atoms in total. The van der Waals surface area contributed by atoms with Gasteiger partial charge >= 0.3 is 5.97 Å². The highest BCUT2D eigenvalue weighted by atomic mass is 32.2. The summed E-state index contributed by atoms with van der Waals surface area (Å²) in [4.78, 5) is 27.1. The molecule has 4 rings (SSSR count). The average molecular weight is 392 g/mol. The van der Waals surface area contributed by atoms with Gasteiger partial charge in [0.2, 0.25) is 10.0 Å². The number of hydrogen-bond acceptors (Lipinski definition) is 5. The molecular weight excluding hydrogens is 368 g/mol. The van der Waals surface area contributed by atoms with Gasteiger partial charge < -0.3 is 9.64 Å². The van der Waals surface area contributed by atoms with E-state index in [0.29, 0.717) is 44.6 Å². The third-order valence-corrected chi connectivity index (χ3v) is 7.79. The molecule has 146 valence electrons. The normalized spacial score (nSPS) is 26.5. The van der Waals surface area contributed by atoms with E-state index in [1.54, 1.807) is 17.0 Å². The lowest BCUT2D eigenvalue weighted by Gasteiger charge is -2.31. The monoisotopic (exact) mass is 392 g/mol. The van der Waals surface area contributed by atoms with Gasteiger partial charge in [-0.15, -0.1) is 0 Å². The van der Waals surface area contributed by atoms with Gasteiger partial charge in [0.1, 0.15) is 5.54 Å². The molecular formula is C19H24N2O5S. The van der Waals surface area contributed by atoms with Crippen molar-refractivity contribution in [3.63, 3.8) is 0 Å². The van der Waals surface area contributed by atoms with E-state index in [0.717, 1.165) is 25.7 Å². The summed E-state index contributed by atoms with van der Waals surface area (Å²) in [6.45, 7) is 1.84. The number of esters is 1. The summed E-state index contributed by atoms with van der Waals surface area (Å²) in [5.74, 6) is -0.646. The Morgan fingerprint density at radius 3 is 2.52 bits per heavy atom. The van der Waals surface area contributed by atoms with E-state index in [-0.39, 0.29) is 16.8 Å². The molecule has 1 aromatic carbocycles. The summed E-state index contributed by atoms with van der Waals surface area (Å²) in [7, 11) is -3.61. The van der Waals surface area contributed by atoms with Crippen LogP contribution in [0.15, 0.2) is 29.2 Å². The number of carbonyl (C=O) groups is 2. The molecule has 1 atom stereocenters. The van der Waals surface area contributed by atoms with E-state index in [2.05, 4.69) is 0 Å². The maximum absolute atomic E-state index is 13.1. The Hall–Kier alpha value is -1.93. The second-order valence-corrected chi connectivity index (χ2v) is 9.41. The second-order valence-electron chi connectivity index (χ2n) is 7.47. The number of piperidine rings is 1. The lowest BCUT2D eigenvalue weighted by Crippen LogP contribution is -2.50. The van der Waals surface area contributed by atoms with E-state index in [1.807, 2.05) is 0 Å². The average Bonchev–Trinajstić information content (AvgIpc) is 3.29. The van der Waals surface area contributed by atoms with Crippen LogP contribution < -0.4 is 0 Å². The van der Waals surface area contributed by atoms with Crippen LogP contribution in [0.5, 0.6) is 0 Å². The smallest absolute Gasteiger partial charge is 0.332 e. The van der Waals surface area contributed by atoms with Crippen LogP contribution in [0.1, 0.15) is 48.9 Å². The van der Waals surface area contributed by atoms with Crippen LogP contribution in [0.3, 0.4) is 0 Å². The summed E-state index contributed by atoms with van der Waals surface area (Å²) in [5.41, 5.74) is -0.576. The van der Waals surface area contributed by atoms with Gasteiger partial charge in [-0.25, -0.2) is 13.2 Å². The lowest BCUT2D eigenvalue weighted by molar-refractivity contribution is -0.145. The summed E-state index contributed by atoms with van der Waals surface area (Å²) < 4.78 is 32.4. The topological polar surface area (TPSA) is 84.0 Å². The third-order valence-electron chi connectivity index (χ3n) is 5.90. The number of cyclic esters (lactones) is 1. The van der Waals surface area contributed by atoms with Crippen LogP contribution in [0.25, 0.3) is 0 Å². The summed E-state index contributed by atoms with van der Waals surface area (Å²) in [5, 5.41) is 0. The molecule has 1 aromatic rings. The fourth-order valence-corrected chi connectivity index (χ4v) is 5.96. The molecule has 0 aliphatic carbocycles. The van der Waals surface area contributed by atoms with E-state index in [9.17, 15) is 18.0 Å². The minimum atomic E-state index is -3.61. The Balaban J connectivity index is 1.62. The molecule has 8 heteroatoms. The van der Waals surface area contributed by atoms with Crippen LogP contribution in [0, 0.1) is 0 Å². The van der Waals surface area contributed by atoms with Crippen molar-refractivity contribution >= 4 is 21.9 Å². The van der Waals surface area contributed by atoms with E-state index in [4.69, 9.17) is 4.74 Å². The molecule has 3 aliphatic rings. The lowest BCUT2D eigenvalue weighted by atomic mass is 9.94. The predicted molar refractivity (Wildman–Crippen MR) is 97.6 cm³/mol. The molecule has 0 bridgehead atoms. The number of hydrogen-bond donors (Lipinski definition) is 0. The maximum atomic E-state index is 13.1. The molecule has 3 aliphatic heterocycles. The Bertz CT molecular complexity index is 859. The summed E-state index contributed by atoms with van der Waals surface area (Å²) in [6.07, 6.45) is 4.60. The van der Waals surface area contributed by atoms with Crippen molar-refractivity contribution in [2.75, 3.05) is 26.2 Å². The van der Waals surface area contributed by atoms with Crippen molar-refractivity contribution in [1.82, 2.24) is 9.21 Å². The van der Waals surface area contributed by atoms with Crippen molar-refractivity contribution in [1.29, 1.82) is 0 Å². The minimum absolute atomic E-state index is 0.137. The van der Waals surface area contributed by atoms with Gasteiger partial charge in [0.25, 0.3) is 5.91 Å². The van der Waals surface area contributed by atoms with Gasteiger partial charge in [-0.2, -0.15) is 4.31 Å². The van der Waals surface area contributed by atoms with E-state index in [1.165, 1.54) is 16.4 Å². The fourth-order valence-electron chi connectivity index (χ4n) is 4.40. The zero-order valence-electron chi connectivity index (χ0n) is 15.2. The quantitative estimate of drug-likeness (QED) is 0.732. The second kappa shape index (κ2) is 6.91. The minimum Gasteiger partial charge on any atom is -0.464 e. The van der Waals surface area contributed by atoms with Crippen molar-refractivity contribution < 1.29 is 22.7 Å².